The molecule has 0 aliphatic heterocycles. The number of fused-ring (bicyclic) bond motifs is 1. The topological polar surface area (TPSA) is 30.0 Å². The first kappa shape index (κ1) is 13.3. The van der Waals surface area contributed by atoms with E-state index in [1.54, 1.807) is 0 Å². The Morgan fingerprint density at radius 1 is 1.10 bits per heavy atom. The first-order valence-electron chi connectivity index (χ1n) is 7.60. The maximum atomic E-state index is 12.4. The molecule has 1 aliphatic carbocycles. The van der Waals surface area contributed by atoms with Crippen molar-refractivity contribution in [3.8, 4) is 0 Å². The molecule has 1 heterocycles. The summed E-state index contributed by atoms with van der Waals surface area (Å²) in [4.78, 5) is 17.0. The predicted octanol–water partition coefficient (Wildman–Crippen LogP) is 4.17. The van der Waals surface area contributed by atoms with Crippen molar-refractivity contribution >= 4 is 16.7 Å². The summed E-state index contributed by atoms with van der Waals surface area (Å²) in [6.07, 6.45) is 5.01. The standard InChI is InChI=1S/C18H21NO/c1-13-6-8-15(9-7-13)18(20)12-16-11-10-14-4-2-3-5-17(14)19-16/h2-5,10-11,13,15H,6-9,12H2,1H3. The summed E-state index contributed by atoms with van der Waals surface area (Å²) in [6.45, 7) is 2.28. The van der Waals surface area contributed by atoms with Crippen molar-refractivity contribution in [2.45, 2.75) is 39.0 Å². The molecule has 2 heteroatoms. The molecule has 2 aromatic rings. The number of carbonyl (C=O) groups excluding carboxylic acids is 1. The lowest BCUT2D eigenvalue weighted by Crippen LogP contribution is -2.22. The zero-order valence-electron chi connectivity index (χ0n) is 12.0. The Morgan fingerprint density at radius 3 is 2.65 bits per heavy atom. The molecule has 0 amide bonds. The molecule has 0 spiro atoms. The molecule has 20 heavy (non-hydrogen) atoms. The van der Waals surface area contributed by atoms with Gasteiger partial charge in [-0.1, -0.05) is 44.0 Å². The lowest BCUT2D eigenvalue weighted by molar-refractivity contribution is -0.123. The van der Waals surface area contributed by atoms with E-state index in [-0.39, 0.29) is 5.92 Å². The molecule has 0 saturated heterocycles. The molecule has 0 bridgehead atoms. The van der Waals surface area contributed by atoms with Crippen molar-refractivity contribution in [3.63, 3.8) is 0 Å². The molecule has 0 unspecified atom stereocenters. The van der Waals surface area contributed by atoms with E-state index in [1.165, 1.54) is 12.8 Å². The second kappa shape index (κ2) is 5.74. The Balaban J connectivity index is 1.71. The van der Waals surface area contributed by atoms with E-state index < -0.39 is 0 Å². The van der Waals surface area contributed by atoms with Crippen LogP contribution in [-0.4, -0.2) is 10.8 Å². The molecule has 2 nitrogen and oxygen atoms in total. The van der Waals surface area contributed by atoms with Crippen LogP contribution in [0.1, 0.15) is 38.3 Å². The summed E-state index contributed by atoms with van der Waals surface area (Å²) in [6, 6.07) is 12.1. The number of aromatic nitrogens is 1. The van der Waals surface area contributed by atoms with Crippen molar-refractivity contribution in [2.75, 3.05) is 0 Å². The zero-order chi connectivity index (χ0) is 13.9. The van der Waals surface area contributed by atoms with Gasteiger partial charge < -0.3 is 0 Å². The number of Topliss-reactive ketones (excluding diaryl/α,β-unsaturated/α-hetero) is 1. The number of ketones is 1. The van der Waals surface area contributed by atoms with Crippen LogP contribution in [0.2, 0.25) is 0 Å². The van der Waals surface area contributed by atoms with Gasteiger partial charge in [0.2, 0.25) is 0 Å². The van der Waals surface area contributed by atoms with Crippen LogP contribution in [0.4, 0.5) is 0 Å². The van der Waals surface area contributed by atoms with Gasteiger partial charge in [-0.15, -0.1) is 0 Å². The lowest BCUT2D eigenvalue weighted by Gasteiger charge is -2.24. The van der Waals surface area contributed by atoms with Gasteiger partial charge in [-0.3, -0.25) is 9.78 Å². The average molecular weight is 267 g/mol. The molecule has 0 atom stereocenters. The van der Waals surface area contributed by atoms with E-state index in [9.17, 15) is 4.79 Å². The summed E-state index contributed by atoms with van der Waals surface area (Å²) >= 11 is 0. The average Bonchev–Trinajstić information content (AvgIpc) is 2.48. The first-order chi connectivity index (χ1) is 9.72. The number of para-hydroxylation sites is 1. The minimum Gasteiger partial charge on any atom is -0.299 e. The molecule has 3 rings (SSSR count). The minimum atomic E-state index is 0.263. The van der Waals surface area contributed by atoms with Crippen LogP contribution in [0.15, 0.2) is 36.4 Å². The molecule has 1 aromatic carbocycles. The second-order valence-electron chi connectivity index (χ2n) is 6.10. The highest BCUT2D eigenvalue weighted by Crippen LogP contribution is 2.29. The highest BCUT2D eigenvalue weighted by atomic mass is 16.1. The van der Waals surface area contributed by atoms with Crippen LogP contribution in [-0.2, 0) is 11.2 Å². The van der Waals surface area contributed by atoms with Gasteiger partial charge in [-0.2, -0.15) is 0 Å². The Kier molecular flexibility index (Phi) is 3.81. The van der Waals surface area contributed by atoms with Gasteiger partial charge in [0.15, 0.2) is 0 Å². The number of nitrogens with zero attached hydrogens (tertiary/aromatic N) is 1. The highest BCUT2D eigenvalue weighted by molar-refractivity contribution is 5.84. The molecule has 1 aliphatic rings. The van der Waals surface area contributed by atoms with Gasteiger partial charge >= 0.3 is 0 Å². The van der Waals surface area contributed by atoms with Crippen LogP contribution < -0.4 is 0 Å². The maximum absolute atomic E-state index is 12.4. The second-order valence-corrected chi connectivity index (χ2v) is 6.10. The Bertz CT molecular complexity index is 612. The highest BCUT2D eigenvalue weighted by Gasteiger charge is 2.24. The minimum absolute atomic E-state index is 0.263. The molecule has 1 fully saturated rings. The van der Waals surface area contributed by atoms with E-state index in [1.807, 2.05) is 24.3 Å². The van der Waals surface area contributed by atoms with Crippen LogP contribution >= 0.6 is 0 Å². The smallest absolute Gasteiger partial charge is 0.141 e. The number of rotatable bonds is 3. The van der Waals surface area contributed by atoms with E-state index in [4.69, 9.17) is 0 Å². The van der Waals surface area contributed by atoms with E-state index >= 15 is 0 Å². The number of benzene rings is 1. The lowest BCUT2D eigenvalue weighted by atomic mass is 9.80. The molecule has 1 saturated carbocycles. The Morgan fingerprint density at radius 2 is 1.85 bits per heavy atom. The quantitative estimate of drug-likeness (QED) is 0.835. The number of hydrogen-bond acceptors (Lipinski definition) is 2. The van der Waals surface area contributed by atoms with Gasteiger partial charge in [0, 0.05) is 23.4 Å². The fraction of sp³-hybridized carbons (Fsp3) is 0.444. The molecular weight excluding hydrogens is 246 g/mol. The molecule has 0 radical (unpaired) electrons. The predicted molar refractivity (Wildman–Crippen MR) is 81.6 cm³/mol. The molecular formula is C18H21NO. The maximum Gasteiger partial charge on any atom is 0.141 e. The fourth-order valence-corrected chi connectivity index (χ4v) is 3.11. The third-order valence-corrected chi connectivity index (χ3v) is 4.48. The number of pyridine rings is 1. The SMILES string of the molecule is CC1CCC(C(=O)Cc2ccc3ccccc3n2)CC1. The van der Waals surface area contributed by atoms with Crippen LogP contribution in [0, 0.1) is 11.8 Å². The number of carbonyl (C=O) groups is 1. The summed E-state index contributed by atoms with van der Waals surface area (Å²) in [5.74, 6) is 1.43. The van der Waals surface area contributed by atoms with Crippen molar-refractivity contribution in [1.82, 2.24) is 4.98 Å². The summed E-state index contributed by atoms with van der Waals surface area (Å²) < 4.78 is 0. The molecule has 1 aromatic heterocycles. The van der Waals surface area contributed by atoms with Crippen LogP contribution in [0.3, 0.4) is 0 Å². The van der Waals surface area contributed by atoms with Gasteiger partial charge in [0.1, 0.15) is 5.78 Å². The third kappa shape index (κ3) is 2.90. The summed E-state index contributed by atoms with van der Waals surface area (Å²) in [7, 11) is 0. The van der Waals surface area contributed by atoms with E-state index in [2.05, 4.69) is 24.0 Å². The van der Waals surface area contributed by atoms with Gasteiger partial charge in [-0.05, 0) is 30.9 Å². The van der Waals surface area contributed by atoms with Crippen molar-refractivity contribution in [3.05, 3.63) is 42.1 Å². The summed E-state index contributed by atoms with van der Waals surface area (Å²) in [5, 5.41) is 1.13. The monoisotopic (exact) mass is 267 g/mol. The van der Waals surface area contributed by atoms with E-state index in [0.29, 0.717) is 12.2 Å². The number of hydrogen-bond donors (Lipinski definition) is 0. The van der Waals surface area contributed by atoms with Crippen LogP contribution in [0.5, 0.6) is 0 Å². The molecule has 104 valence electrons. The van der Waals surface area contributed by atoms with Crippen molar-refractivity contribution in [2.24, 2.45) is 11.8 Å². The largest absolute Gasteiger partial charge is 0.299 e. The third-order valence-electron chi connectivity index (χ3n) is 4.48. The van der Waals surface area contributed by atoms with Crippen molar-refractivity contribution < 1.29 is 4.79 Å². The van der Waals surface area contributed by atoms with Gasteiger partial charge in [0.25, 0.3) is 0 Å². The van der Waals surface area contributed by atoms with Gasteiger partial charge in [-0.25, -0.2) is 0 Å². The zero-order valence-corrected chi connectivity index (χ0v) is 12.0. The first-order valence-corrected chi connectivity index (χ1v) is 7.60. The van der Waals surface area contributed by atoms with E-state index in [0.717, 1.165) is 35.4 Å². The van der Waals surface area contributed by atoms with Gasteiger partial charge in [0.05, 0.1) is 5.52 Å². The Hall–Kier alpha value is -1.70. The normalized spacial score (nSPS) is 22.9. The molecule has 0 N–H and O–H groups in total. The fourth-order valence-electron chi connectivity index (χ4n) is 3.11. The van der Waals surface area contributed by atoms with Crippen LogP contribution in [0.25, 0.3) is 10.9 Å². The summed E-state index contributed by atoms with van der Waals surface area (Å²) in [5.41, 5.74) is 1.89. The Labute approximate surface area is 120 Å². The van der Waals surface area contributed by atoms with Crippen molar-refractivity contribution in [1.29, 1.82) is 0 Å².